The first-order valence-corrected chi connectivity index (χ1v) is 9.05. The summed E-state index contributed by atoms with van der Waals surface area (Å²) < 4.78 is 0. The van der Waals surface area contributed by atoms with E-state index in [-0.39, 0.29) is 5.91 Å². The Bertz CT molecular complexity index is 596. The Morgan fingerprint density at radius 3 is 2.82 bits per heavy atom. The van der Waals surface area contributed by atoms with Crippen LogP contribution in [0.3, 0.4) is 0 Å². The van der Waals surface area contributed by atoms with Gasteiger partial charge in [0.15, 0.2) is 0 Å². The average molecular weight is 317 g/mol. The molecule has 2 aliphatic rings. The van der Waals surface area contributed by atoms with Crippen LogP contribution in [0.4, 0.5) is 5.00 Å². The fraction of sp³-hybridized carbons (Fsp3) is 0.647. The molecule has 1 fully saturated rings. The monoisotopic (exact) mass is 317 g/mol. The lowest BCUT2D eigenvalue weighted by molar-refractivity contribution is -0.117. The van der Waals surface area contributed by atoms with Crippen molar-refractivity contribution in [3.8, 4) is 6.07 Å². The van der Waals surface area contributed by atoms with Gasteiger partial charge in [-0.3, -0.25) is 9.69 Å². The Hall–Kier alpha value is -1.38. The molecule has 1 amide bonds. The van der Waals surface area contributed by atoms with Crippen molar-refractivity contribution in [3.05, 3.63) is 16.0 Å². The van der Waals surface area contributed by atoms with Gasteiger partial charge in [0, 0.05) is 10.9 Å². The Balaban J connectivity index is 1.61. The molecule has 1 saturated carbocycles. The summed E-state index contributed by atoms with van der Waals surface area (Å²) in [6.07, 6.45) is 9.41. The van der Waals surface area contributed by atoms with Crippen LogP contribution in [0.25, 0.3) is 0 Å². The van der Waals surface area contributed by atoms with Crippen LogP contribution in [-0.2, 0) is 17.6 Å². The summed E-state index contributed by atoms with van der Waals surface area (Å²) in [6.45, 7) is 0.415. The van der Waals surface area contributed by atoms with Gasteiger partial charge in [0.05, 0.1) is 12.1 Å². The van der Waals surface area contributed by atoms with Crippen molar-refractivity contribution in [2.24, 2.45) is 0 Å². The van der Waals surface area contributed by atoms with Crippen molar-refractivity contribution in [2.75, 3.05) is 18.9 Å². The molecule has 4 nitrogen and oxygen atoms in total. The zero-order valence-corrected chi connectivity index (χ0v) is 14.0. The molecule has 0 radical (unpaired) electrons. The minimum Gasteiger partial charge on any atom is -0.315 e. The summed E-state index contributed by atoms with van der Waals surface area (Å²) >= 11 is 1.59. The topological polar surface area (TPSA) is 56.1 Å². The van der Waals surface area contributed by atoms with Crippen molar-refractivity contribution >= 4 is 22.2 Å². The number of carbonyl (C=O) groups excluding carboxylic acids is 1. The largest absolute Gasteiger partial charge is 0.315 e. The zero-order valence-electron chi connectivity index (χ0n) is 13.2. The van der Waals surface area contributed by atoms with Gasteiger partial charge in [-0.15, -0.1) is 11.3 Å². The molecule has 0 atom stereocenters. The summed E-state index contributed by atoms with van der Waals surface area (Å²) in [5.41, 5.74) is 1.87. The van der Waals surface area contributed by atoms with Gasteiger partial charge in [-0.25, -0.2) is 0 Å². The lowest BCUT2D eigenvalue weighted by atomic mass is 9.94. The number of nitriles is 1. The number of nitrogens with zero attached hydrogens (tertiary/aromatic N) is 2. The van der Waals surface area contributed by atoms with Crippen molar-refractivity contribution in [2.45, 2.75) is 57.4 Å². The molecule has 2 aliphatic carbocycles. The molecule has 22 heavy (non-hydrogen) atoms. The predicted octanol–water partition coefficient (Wildman–Crippen LogP) is 3.31. The molecule has 0 spiro atoms. The molecule has 118 valence electrons. The van der Waals surface area contributed by atoms with E-state index >= 15 is 0 Å². The number of carbonyl (C=O) groups is 1. The second-order valence-corrected chi connectivity index (χ2v) is 7.53. The van der Waals surface area contributed by atoms with E-state index in [9.17, 15) is 10.1 Å². The first kappa shape index (κ1) is 15.5. The third kappa shape index (κ3) is 3.18. The molecule has 0 bridgehead atoms. The van der Waals surface area contributed by atoms with Crippen LogP contribution >= 0.6 is 11.3 Å². The second kappa shape index (κ2) is 6.80. The van der Waals surface area contributed by atoms with Gasteiger partial charge in [-0.05, 0) is 44.7 Å². The zero-order chi connectivity index (χ0) is 15.5. The molecule has 3 rings (SSSR count). The van der Waals surface area contributed by atoms with Crippen molar-refractivity contribution in [1.29, 1.82) is 5.26 Å². The van der Waals surface area contributed by atoms with Gasteiger partial charge in [0.2, 0.25) is 5.91 Å². The van der Waals surface area contributed by atoms with Gasteiger partial charge in [0.1, 0.15) is 11.1 Å². The fourth-order valence-electron chi connectivity index (χ4n) is 3.65. The van der Waals surface area contributed by atoms with Crippen LogP contribution in [0.15, 0.2) is 0 Å². The summed E-state index contributed by atoms with van der Waals surface area (Å²) in [6, 6.07) is 2.81. The van der Waals surface area contributed by atoms with Crippen molar-refractivity contribution < 1.29 is 4.79 Å². The minimum absolute atomic E-state index is 0.00416. The highest BCUT2D eigenvalue weighted by Gasteiger charge is 2.24. The van der Waals surface area contributed by atoms with Crippen LogP contribution in [0, 0.1) is 11.3 Å². The number of rotatable bonds is 4. The standard InChI is InChI=1S/C17H23N3OS/c1-20(12-6-3-2-4-7-12)11-16(21)19-17-14(10-18)13-8-5-9-15(13)22-17/h12H,2-9,11H2,1H3,(H,19,21). The summed E-state index contributed by atoms with van der Waals surface area (Å²) in [7, 11) is 2.04. The SMILES string of the molecule is CN(CC(=O)Nc1sc2c(c1C#N)CCC2)C1CCCCC1. The lowest BCUT2D eigenvalue weighted by Gasteiger charge is -2.30. The first-order valence-electron chi connectivity index (χ1n) is 8.23. The van der Waals surface area contributed by atoms with Gasteiger partial charge in [-0.2, -0.15) is 5.26 Å². The fourth-order valence-corrected chi connectivity index (χ4v) is 4.91. The Morgan fingerprint density at radius 1 is 1.32 bits per heavy atom. The average Bonchev–Trinajstić information content (AvgIpc) is 3.08. The van der Waals surface area contributed by atoms with E-state index < -0.39 is 0 Å². The summed E-state index contributed by atoms with van der Waals surface area (Å²) in [5, 5.41) is 13.1. The van der Waals surface area contributed by atoms with Gasteiger partial charge in [-0.1, -0.05) is 19.3 Å². The number of fused-ring (bicyclic) bond motifs is 1. The predicted molar refractivity (Wildman–Crippen MR) is 89.2 cm³/mol. The van der Waals surface area contributed by atoms with E-state index in [1.165, 1.54) is 42.5 Å². The molecule has 1 aromatic rings. The lowest BCUT2D eigenvalue weighted by Crippen LogP contribution is -2.39. The number of nitrogens with one attached hydrogen (secondary N) is 1. The van der Waals surface area contributed by atoms with E-state index in [2.05, 4.69) is 16.3 Å². The van der Waals surface area contributed by atoms with Gasteiger partial charge < -0.3 is 5.32 Å². The quantitative estimate of drug-likeness (QED) is 0.927. The van der Waals surface area contributed by atoms with Gasteiger partial charge in [0.25, 0.3) is 0 Å². The second-order valence-electron chi connectivity index (χ2n) is 6.43. The Kier molecular flexibility index (Phi) is 4.80. The highest BCUT2D eigenvalue weighted by Crippen LogP contribution is 2.38. The van der Waals surface area contributed by atoms with Crippen LogP contribution in [0.5, 0.6) is 0 Å². The van der Waals surface area contributed by atoms with E-state index in [0.717, 1.165) is 24.3 Å². The Morgan fingerprint density at radius 2 is 2.09 bits per heavy atom. The van der Waals surface area contributed by atoms with Crippen LogP contribution in [0.1, 0.15) is 54.5 Å². The highest BCUT2D eigenvalue weighted by atomic mass is 32.1. The van der Waals surface area contributed by atoms with E-state index in [1.807, 2.05) is 7.05 Å². The maximum absolute atomic E-state index is 12.3. The number of hydrogen-bond acceptors (Lipinski definition) is 4. The van der Waals surface area contributed by atoms with E-state index in [1.54, 1.807) is 11.3 Å². The summed E-state index contributed by atoms with van der Waals surface area (Å²) in [4.78, 5) is 15.8. The number of hydrogen-bond donors (Lipinski definition) is 1. The van der Waals surface area contributed by atoms with Crippen LogP contribution < -0.4 is 5.32 Å². The van der Waals surface area contributed by atoms with E-state index in [4.69, 9.17) is 0 Å². The molecule has 1 N–H and O–H groups in total. The molecule has 1 aromatic heterocycles. The number of aryl methyl sites for hydroxylation is 1. The number of anilines is 1. The molecule has 5 heteroatoms. The van der Waals surface area contributed by atoms with Crippen molar-refractivity contribution in [3.63, 3.8) is 0 Å². The van der Waals surface area contributed by atoms with Crippen LogP contribution in [-0.4, -0.2) is 30.4 Å². The molecule has 0 aromatic carbocycles. The maximum atomic E-state index is 12.3. The normalized spacial score (nSPS) is 18.2. The van der Waals surface area contributed by atoms with Gasteiger partial charge >= 0.3 is 0 Å². The number of likely N-dealkylation sites (N-methyl/N-ethyl adjacent to an activating group) is 1. The first-order chi connectivity index (χ1) is 10.7. The van der Waals surface area contributed by atoms with Crippen LogP contribution in [0.2, 0.25) is 0 Å². The molecule has 0 unspecified atom stereocenters. The number of amides is 1. The number of thiophene rings is 1. The third-order valence-corrected chi connectivity index (χ3v) is 6.08. The molecule has 0 aliphatic heterocycles. The molecule has 1 heterocycles. The summed E-state index contributed by atoms with van der Waals surface area (Å²) in [5.74, 6) is 0.00416. The smallest absolute Gasteiger partial charge is 0.239 e. The van der Waals surface area contributed by atoms with Crippen molar-refractivity contribution in [1.82, 2.24) is 4.90 Å². The third-order valence-electron chi connectivity index (χ3n) is 4.88. The molecular weight excluding hydrogens is 294 g/mol. The minimum atomic E-state index is 0.00416. The molecule has 0 saturated heterocycles. The highest BCUT2D eigenvalue weighted by molar-refractivity contribution is 7.16. The van der Waals surface area contributed by atoms with E-state index in [0.29, 0.717) is 18.2 Å². The maximum Gasteiger partial charge on any atom is 0.239 e. The molecular formula is C17H23N3OS. The Labute approximate surface area is 136 Å².